The van der Waals surface area contributed by atoms with Crippen LogP contribution in [0.4, 0.5) is 5.69 Å². The summed E-state index contributed by atoms with van der Waals surface area (Å²) in [7, 11) is 0. The van der Waals surface area contributed by atoms with Gasteiger partial charge in [0.25, 0.3) is 5.91 Å². The second-order valence-corrected chi connectivity index (χ2v) is 6.55. The van der Waals surface area contributed by atoms with E-state index in [1.54, 1.807) is 24.3 Å². The van der Waals surface area contributed by atoms with Crippen molar-refractivity contribution in [3.63, 3.8) is 0 Å². The van der Waals surface area contributed by atoms with Crippen molar-refractivity contribution in [2.75, 3.05) is 18.4 Å². The molecule has 0 saturated heterocycles. The highest BCUT2D eigenvalue weighted by Gasteiger charge is 2.22. The number of anilines is 1. The number of para-hydroxylation sites is 2. The number of amides is 2. The zero-order valence-corrected chi connectivity index (χ0v) is 14.3. The van der Waals surface area contributed by atoms with Gasteiger partial charge in [-0.15, -0.1) is 0 Å². The molecule has 0 bridgehead atoms. The maximum Gasteiger partial charge on any atom is 0.250 e. The summed E-state index contributed by atoms with van der Waals surface area (Å²) in [6.07, 6.45) is 0.884. The van der Waals surface area contributed by atoms with E-state index in [1.165, 1.54) is 16.6 Å². The molecule has 0 saturated carbocycles. The van der Waals surface area contributed by atoms with Gasteiger partial charge in [-0.25, -0.2) is 0 Å². The Bertz CT molecular complexity index is 992. The summed E-state index contributed by atoms with van der Waals surface area (Å²) in [5, 5.41) is 4.02. The summed E-state index contributed by atoms with van der Waals surface area (Å²) >= 11 is 0. The number of hydrogen-bond acceptors (Lipinski definition) is 3. The molecule has 2 heterocycles. The number of benzene rings is 2. The zero-order valence-electron chi connectivity index (χ0n) is 14.3. The number of carbonyl (C=O) groups is 2. The Hall–Kier alpha value is -3.12. The molecule has 132 valence electrons. The van der Waals surface area contributed by atoms with Crippen LogP contribution in [0.1, 0.15) is 21.6 Å². The second kappa shape index (κ2) is 6.65. The molecule has 1 aliphatic rings. The van der Waals surface area contributed by atoms with Crippen LogP contribution in [0.3, 0.4) is 0 Å². The molecule has 0 radical (unpaired) electrons. The lowest BCUT2D eigenvalue weighted by molar-refractivity contribution is -0.117. The summed E-state index contributed by atoms with van der Waals surface area (Å²) < 4.78 is 0. The SMILES string of the molecule is NC(=O)c1ccccc1NC(=O)CN1CCc2[nH]c3ccccc3c2C1. The Morgan fingerprint density at radius 1 is 1.12 bits per heavy atom. The first-order chi connectivity index (χ1) is 12.6. The van der Waals surface area contributed by atoms with Crippen molar-refractivity contribution in [1.82, 2.24) is 9.88 Å². The molecular formula is C20H20N4O2. The minimum absolute atomic E-state index is 0.151. The first-order valence-electron chi connectivity index (χ1n) is 8.61. The predicted octanol–water partition coefficient (Wildman–Crippen LogP) is 2.26. The topological polar surface area (TPSA) is 91.2 Å². The Labute approximate surface area is 151 Å². The summed E-state index contributed by atoms with van der Waals surface area (Å²) in [5.41, 5.74) is 9.79. The van der Waals surface area contributed by atoms with Gasteiger partial charge in [-0.3, -0.25) is 14.5 Å². The van der Waals surface area contributed by atoms with Crippen LogP contribution in [0.2, 0.25) is 0 Å². The highest BCUT2D eigenvalue weighted by molar-refractivity contribution is 6.03. The number of fused-ring (bicyclic) bond motifs is 3. The van der Waals surface area contributed by atoms with Gasteiger partial charge in [0.15, 0.2) is 0 Å². The van der Waals surface area contributed by atoms with Crippen LogP contribution in [-0.4, -0.2) is 34.8 Å². The molecule has 1 aliphatic heterocycles. The van der Waals surface area contributed by atoms with Crippen molar-refractivity contribution < 1.29 is 9.59 Å². The normalized spacial score (nSPS) is 14.2. The lowest BCUT2D eigenvalue weighted by Gasteiger charge is -2.26. The Kier molecular flexibility index (Phi) is 4.18. The fourth-order valence-electron chi connectivity index (χ4n) is 3.56. The van der Waals surface area contributed by atoms with E-state index < -0.39 is 5.91 Å². The largest absolute Gasteiger partial charge is 0.366 e. The van der Waals surface area contributed by atoms with E-state index in [1.807, 2.05) is 12.1 Å². The van der Waals surface area contributed by atoms with Gasteiger partial charge in [-0.2, -0.15) is 0 Å². The molecule has 6 heteroatoms. The van der Waals surface area contributed by atoms with Crippen LogP contribution in [0.5, 0.6) is 0 Å². The summed E-state index contributed by atoms with van der Waals surface area (Å²) in [5.74, 6) is -0.704. The lowest BCUT2D eigenvalue weighted by Crippen LogP contribution is -2.37. The third-order valence-corrected chi connectivity index (χ3v) is 4.80. The predicted molar refractivity (Wildman–Crippen MR) is 101 cm³/mol. The number of aromatic nitrogens is 1. The quantitative estimate of drug-likeness (QED) is 0.675. The third kappa shape index (κ3) is 3.07. The van der Waals surface area contributed by atoms with Gasteiger partial charge >= 0.3 is 0 Å². The number of hydrogen-bond donors (Lipinski definition) is 3. The van der Waals surface area contributed by atoms with Crippen molar-refractivity contribution in [3.8, 4) is 0 Å². The van der Waals surface area contributed by atoms with Gasteiger partial charge in [0, 0.05) is 36.1 Å². The van der Waals surface area contributed by atoms with Gasteiger partial charge in [-0.05, 0) is 23.8 Å². The number of primary amides is 1. The number of nitrogens with one attached hydrogen (secondary N) is 2. The number of nitrogens with two attached hydrogens (primary N) is 1. The molecular weight excluding hydrogens is 328 g/mol. The molecule has 0 aliphatic carbocycles. The maximum absolute atomic E-state index is 12.5. The Morgan fingerprint density at radius 2 is 1.88 bits per heavy atom. The maximum atomic E-state index is 12.5. The van der Waals surface area contributed by atoms with Gasteiger partial charge in [-0.1, -0.05) is 30.3 Å². The molecule has 4 N–H and O–H groups in total. The number of H-pyrrole nitrogens is 1. The van der Waals surface area contributed by atoms with Crippen molar-refractivity contribution in [1.29, 1.82) is 0 Å². The molecule has 0 fully saturated rings. The van der Waals surface area contributed by atoms with Crippen LogP contribution >= 0.6 is 0 Å². The molecule has 2 aromatic carbocycles. The van der Waals surface area contributed by atoms with Crippen molar-refractivity contribution in [2.24, 2.45) is 5.73 Å². The van der Waals surface area contributed by atoms with Gasteiger partial charge in [0.1, 0.15) is 0 Å². The Morgan fingerprint density at radius 3 is 2.73 bits per heavy atom. The number of nitrogens with zero attached hydrogens (tertiary/aromatic N) is 1. The van der Waals surface area contributed by atoms with E-state index >= 15 is 0 Å². The van der Waals surface area contributed by atoms with E-state index in [-0.39, 0.29) is 12.5 Å². The van der Waals surface area contributed by atoms with Crippen molar-refractivity contribution >= 4 is 28.4 Å². The first-order valence-corrected chi connectivity index (χ1v) is 8.61. The molecule has 0 spiro atoms. The van der Waals surface area contributed by atoms with Gasteiger partial charge < -0.3 is 16.0 Å². The standard InChI is InChI=1S/C20H20N4O2/c21-20(26)14-6-2-4-8-17(14)23-19(25)12-24-10-9-18-15(11-24)13-5-1-3-7-16(13)22-18/h1-8,22H,9-12H2,(H2,21,26)(H,23,25). The third-order valence-electron chi connectivity index (χ3n) is 4.80. The highest BCUT2D eigenvalue weighted by Crippen LogP contribution is 2.27. The summed E-state index contributed by atoms with van der Waals surface area (Å²) in [6.45, 7) is 1.81. The average Bonchev–Trinajstić information content (AvgIpc) is 3.00. The minimum atomic E-state index is -0.553. The Balaban J connectivity index is 1.47. The molecule has 26 heavy (non-hydrogen) atoms. The molecule has 0 unspecified atom stereocenters. The van der Waals surface area contributed by atoms with E-state index in [4.69, 9.17) is 5.73 Å². The second-order valence-electron chi connectivity index (χ2n) is 6.55. The van der Waals surface area contributed by atoms with Crippen LogP contribution in [0.25, 0.3) is 10.9 Å². The minimum Gasteiger partial charge on any atom is -0.366 e. The van der Waals surface area contributed by atoms with Crippen molar-refractivity contribution in [2.45, 2.75) is 13.0 Å². The van der Waals surface area contributed by atoms with Crippen LogP contribution in [-0.2, 0) is 17.8 Å². The summed E-state index contributed by atoms with van der Waals surface area (Å²) in [4.78, 5) is 29.5. The molecule has 6 nitrogen and oxygen atoms in total. The fourth-order valence-corrected chi connectivity index (χ4v) is 3.56. The summed E-state index contributed by atoms with van der Waals surface area (Å²) in [6, 6.07) is 15.0. The van der Waals surface area contributed by atoms with E-state index in [2.05, 4.69) is 27.3 Å². The number of rotatable bonds is 4. The monoisotopic (exact) mass is 348 g/mol. The van der Waals surface area contributed by atoms with Crippen LogP contribution in [0, 0.1) is 0 Å². The van der Waals surface area contributed by atoms with Gasteiger partial charge in [0.05, 0.1) is 17.8 Å². The molecule has 1 aromatic heterocycles. The smallest absolute Gasteiger partial charge is 0.250 e. The van der Waals surface area contributed by atoms with Crippen LogP contribution < -0.4 is 11.1 Å². The molecule has 4 rings (SSSR count). The van der Waals surface area contributed by atoms with E-state index in [0.29, 0.717) is 11.3 Å². The first kappa shape index (κ1) is 16.4. The molecule has 0 atom stereocenters. The average molecular weight is 348 g/mol. The zero-order chi connectivity index (χ0) is 18.1. The van der Waals surface area contributed by atoms with E-state index in [0.717, 1.165) is 25.0 Å². The molecule has 3 aromatic rings. The fraction of sp³-hybridized carbons (Fsp3) is 0.200. The number of aromatic amines is 1. The molecule has 2 amide bonds. The van der Waals surface area contributed by atoms with Crippen LogP contribution in [0.15, 0.2) is 48.5 Å². The van der Waals surface area contributed by atoms with Gasteiger partial charge in [0.2, 0.25) is 5.91 Å². The lowest BCUT2D eigenvalue weighted by atomic mass is 10.0. The van der Waals surface area contributed by atoms with E-state index in [9.17, 15) is 9.59 Å². The highest BCUT2D eigenvalue weighted by atomic mass is 16.2. The number of carbonyl (C=O) groups excluding carboxylic acids is 2. The van der Waals surface area contributed by atoms with Crippen molar-refractivity contribution in [3.05, 3.63) is 65.4 Å².